The number of carbonyl (C=O) groups is 1. The number of fused-ring (bicyclic) bond motifs is 4. The van der Waals surface area contributed by atoms with Crippen molar-refractivity contribution in [2.45, 2.75) is 32.7 Å². The Morgan fingerprint density at radius 3 is 2.65 bits per heavy atom. The smallest absolute Gasteiger partial charge is 0.270 e. The predicted molar refractivity (Wildman–Crippen MR) is 143 cm³/mol. The number of hydrogen-bond acceptors (Lipinski definition) is 6. The molecule has 1 unspecified atom stereocenters. The van der Waals surface area contributed by atoms with Gasteiger partial charge in [-0.1, -0.05) is 44.2 Å². The molecular weight excluding hydrogens is 468 g/mol. The molecule has 186 valence electrons. The number of nitro benzene ring substituents is 1. The second kappa shape index (κ2) is 8.34. The molecule has 4 aromatic rings. The Hall–Kier alpha value is -4.39. The van der Waals surface area contributed by atoms with E-state index in [0.717, 1.165) is 39.6 Å². The van der Waals surface area contributed by atoms with E-state index in [4.69, 9.17) is 9.15 Å². The largest absolute Gasteiger partial charge is 0.496 e. The van der Waals surface area contributed by atoms with Gasteiger partial charge in [0, 0.05) is 35.4 Å². The molecule has 3 aromatic carbocycles. The molecule has 1 aliphatic heterocycles. The number of nitrogens with one attached hydrogen (secondary N) is 1. The molecule has 6 rings (SSSR count). The molecule has 37 heavy (non-hydrogen) atoms. The number of nitro groups is 1. The Bertz CT molecular complexity index is 1630. The van der Waals surface area contributed by atoms with E-state index in [1.165, 1.54) is 19.2 Å². The maximum Gasteiger partial charge on any atom is 0.270 e. The van der Waals surface area contributed by atoms with Crippen LogP contribution in [0.5, 0.6) is 5.75 Å². The number of Topliss-reactive ketones (excluding diaryl/α,β-unsaturated/α-hetero) is 1. The monoisotopic (exact) mass is 494 g/mol. The van der Waals surface area contributed by atoms with Crippen molar-refractivity contribution < 1.29 is 18.9 Å². The topological polar surface area (TPSA) is 94.6 Å². The number of allylic oxidation sites excluding steroid dienone is 1. The summed E-state index contributed by atoms with van der Waals surface area (Å²) in [7, 11) is 1.51. The van der Waals surface area contributed by atoms with Crippen molar-refractivity contribution in [2.75, 3.05) is 12.4 Å². The van der Waals surface area contributed by atoms with Gasteiger partial charge in [-0.15, -0.1) is 0 Å². The van der Waals surface area contributed by atoms with Crippen molar-refractivity contribution in [3.8, 4) is 17.1 Å². The van der Waals surface area contributed by atoms with Crippen LogP contribution in [0.1, 0.15) is 44.1 Å². The summed E-state index contributed by atoms with van der Waals surface area (Å²) in [5, 5.41) is 17.2. The standard InChI is InChI=1S/C30H26N2O5/c1-30(2)15-21-27-19-7-5-4-6-17(19)8-10-22(27)31-29(28(21)23(33)16-30)26-13-12-25(37-26)20-14-18(32(34)35)9-11-24(20)36-3/h4-14,29,31H,15-16H2,1-3H3. The highest BCUT2D eigenvalue weighted by Crippen LogP contribution is 2.52. The first-order valence-corrected chi connectivity index (χ1v) is 12.2. The lowest BCUT2D eigenvalue weighted by atomic mass is 9.68. The highest BCUT2D eigenvalue weighted by molar-refractivity contribution is 6.12. The number of methoxy groups -OCH3 is 1. The maximum atomic E-state index is 13.6. The summed E-state index contributed by atoms with van der Waals surface area (Å²) in [6, 6.07) is 19.9. The van der Waals surface area contributed by atoms with Crippen molar-refractivity contribution in [1.82, 2.24) is 0 Å². The molecule has 0 fully saturated rings. The molecule has 7 heteroatoms. The third-order valence-electron chi connectivity index (χ3n) is 7.31. The van der Waals surface area contributed by atoms with Crippen LogP contribution >= 0.6 is 0 Å². The zero-order chi connectivity index (χ0) is 25.9. The molecule has 0 amide bonds. The fourth-order valence-corrected chi connectivity index (χ4v) is 5.71. The molecule has 7 nitrogen and oxygen atoms in total. The van der Waals surface area contributed by atoms with Crippen LogP contribution in [0.25, 0.3) is 27.7 Å². The van der Waals surface area contributed by atoms with Crippen LogP contribution in [0.15, 0.2) is 76.7 Å². The number of ketones is 1. The Balaban J connectivity index is 1.51. The number of nitrogens with zero attached hydrogens (tertiary/aromatic N) is 1. The molecule has 1 aromatic heterocycles. The third kappa shape index (κ3) is 3.78. The highest BCUT2D eigenvalue weighted by atomic mass is 16.6. The third-order valence-corrected chi connectivity index (χ3v) is 7.31. The van der Waals surface area contributed by atoms with E-state index < -0.39 is 11.0 Å². The number of carbonyl (C=O) groups excluding carboxylic acids is 1. The van der Waals surface area contributed by atoms with E-state index in [9.17, 15) is 14.9 Å². The van der Waals surface area contributed by atoms with Gasteiger partial charge in [-0.25, -0.2) is 0 Å². The van der Waals surface area contributed by atoms with Crippen LogP contribution in [0, 0.1) is 15.5 Å². The van der Waals surface area contributed by atoms with Crippen LogP contribution in [0.3, 0.4) is 0 Å². The minimum Gasteiger partial charge on any atom is -0.496 e. The first kappa shape index (κ1) is 23.0. The summed E-state index contributed by atoms with van der Waals surface area (Å²) in [5.74, 6) is 1.58. The number of hydrogen-bond donors (Lipinski definition) is 1. The molecule has 1 N–H and O–H groups in total. The summed E-state index contributed by atoms with van der Waals surface area (Å²) in [6.07, 6.45) is 1.23. The minimum atomic E-state index is -0.467. The number of benzene rings is 3. The lowest BCUT2D eigenvalue weighted by Gasteiger charge is -2.39. The lowest BCUT2D eigenvalue weighted by Crippen LogP contribution is -2.33. The molecule has 1 aliphatic carbocycles. The molecule has 0 saturated heterocycles. The zero-order valence-corrected chi connectivity index (χ0v) is 20.8. The zero-order valence-electron chi connectivity index (χ0n) is 20.8. The second-order valence-corrected chi connectivity index (χ2v) is 10.5. The SMILES string of the molecule is COc1ccc([N+](=O)[O-])cc1-c1ccc(C2Nc3ccc4ccccc4c3C3=C2C(=O)CC(C)(C)C3)o1. The summed E-state index contributed by atoms with van der Waals surface area (Å²) in [6.45, 7) is 4.27. The Morgan fingerprint density at radius 2 is 1.86 bits per heavy atom. The van der Waals surface area contributed by atoms with Gasteiger partial charge in [0.25, 0.3) is 5.69 Å². The van der Waals surface area contributed by atoms with Crippen molar-refractivity contribution in [1.29, 1.82) is 0 Å². The first-order chi connectivity index (χ1) is 17.8. The molecule has 2 aliphatic rings. The number of anilines is 1. The fraction of sp³-hybridized carbons (Fsp3) is 0.233. The average Bonchev–Trinajstić information content (AvgIpc) is 3.36. The lowest BCUT2D eigenvalue weighted by molar-refractivity contribution is -0.384. The van der Waals surface area contributed by atoms with Gasteiger partial charge in [0.05, 0.1) is 17.6 Å². The first-order valence-electron chi connectivity index (χ1n) is 12.2. The van der Waals surface area contributed by atoms with Crippen LogP contribution in [0.2, 0.25) is 0 Å². The van der Waals surface area contributed by atoms with Gasteiger partial charge in [-0.05, 0) is 52.4 Å². The molecule has 0 bridgehead atoms. The van der Waals surface area contributed by atoms with Crippen LogP contribution in [-0.2, 0) is 4.79 Å². The van der Waals surface area contributed by atoms with Gasteiger partial charge in [0.1, 0.15) is 23.3 Å². The molecule has 0 spiro atoms. The number of furan rings is 1. The van der Waals surface area contributed by atoms with E-state index in [1.54, 1.807) is 12.1 Å². The number of rotatable bonds is 4. The minimum absolute atomic E-state index is 0.0555. The Morgan fingerprint density at radius 1 is 1.05 bits per heavy atom. The van der Waals surface area contributed by atoms with E-state index >= 15 is 0 Å². The van der Waals surface area contributed by atoms with E-state index in [1.807, 2.05) is 18.2 Å². The summed E-state index contributed by atoms with van der Waals surface area (Å²) >= 11 is 0. The second-order valence-electron chi connectivity index (χ2n) is 10.5. The molecular formula is C30H26N2O5. The van der Waals surface area contributed by atoms with Crippen LogP contribution < -0.4 is 10.1 Å². The number of non-ortho nitro benzene ring substituents is 1. The van der Waals surface area contributed by atoms with Gasteiger partial charge in [0.2, 0.25) is 0 Å². The quantitative estimate of drug-likeness (QED) is 0.236. The average molecular weight is 495 g/mol. The summed E-state index contributed by atoms with van der Waals surface area (Å²) in [5.41, 5.74) is 4.10. The molecule has 2 heterocycles. The van der Waals surface area contributed by atoms with E-state index in [0.29, 0.717) is 29.3 Å². The van der Waals surface area contributed by atoms with Gasteiger partial charge in [-0.3, -0.25) is 14.9 Å². The van der Waals surface area contributed by atoms with Crippen molar-refractivity contribution in [3.63, 3.8) is 0 Å². The molecule has 0 saturated carbocycles. The normalized spacial score (nSPS) is 18.2. The van der Waals surface area contributed by atoms with Gasteiger partial charge in [0.15, 0.2) is 5.78 Å². The van der Waals surface area contributed by atoms with Crippen LogP contribution in [0.4, 0.5) is 11.4 Å². The fourth-order valence-electron chi connectivity index (χ4n) is 5.71. The van der Waals surface area contributed by atoms with Crippen molar-refractivity contribution in [2.24, 2.45) is 5.41 Å². The highest BCUT2D eigenvalue weighted by Gasteiger charge is 2.41. The van der Waals surface area contributed by atoms with Crippen molar-refractivity contribution >= 4 is 33.5 Å². The van der Waals surface area contributed by atoms with Crippen LogP contribution in [-0.4, -0.2) is 17.8 Å². The van der Waals surface area contributed by atoms with Gasteiger partial charge >= 0.3 is 0 Å². The van der Waals surface area contributed by atoms with Gasteiger partial charge < -0.3 is 14.5 Å². The van der Waals surface area contributed by atoms with E-state index in [2.05, 4.69) is 43.4 Å². The van der Waals surface area contributed by atoms with Gasteiger partial charge in [-0.2, -0.15) is 0 Å². The Labute approximate surface area is 213 Å². The molecule has 0 radical (unpaired) electrons. The Kier molecular flexibility index (Phi) is 5.19. The summed E-state index contributed by atoms with van der Waals surface area (Å²) in [4.78, 5) is 24.6. The maximum absolute atomic E-state index is 13.6. The predicted octanol–water partition coefficient (Wildman–Crippen LogP) is 7.33. The van der Waals surface area contributed by atoms with Crippen molar-refractivity contribution in [3.05, 3.63) is 93.7 Å². The summed E-state index contributed by atoms with van der Waals surface area (Å²) < 4.78 is 11.7. The molecule has 1 atom stereocenters. The van der Waals surface area contributed by atoms with E-state index in [-0.39, 0.29) is 16.9 Å². The number of ether oxygens (including phenoxy) is 1.